The molecule has 2 aromatic carbocycles. The number of nitrogens with zero attached hydrogens (tertiary/aromatic N) is 1. The van der Waals surface area contributed by atoms with E-state index in [0.29, 0.717) is 5.69 Å². The highest BCUT2D eigenvalue weighted by Gasteiger charge is 2.14. The number of hydrogen-bond donors (Lipinski definition) is 2. The number of nitrogens with one attached hydrogen (secondary N) is 1. The van der Waals surface area contributed by atoms with Gasteiger partial charge in [-0.15, -0.1) is 0 Å². The van der Waals surface area contributed by atoms with E-state index in [2.05, 4.69) is 10.3 Å². The third kappa shape index (κ3) is 2.81. The molecule has 1 aromatic heterocycles. The molecule has 22 heavy (non-hydrogen) atoms. The summed E-state index contributed by atoms with van der Waals surface area (Å²) in [5, 5.41) is 12.5. The first-order valence-corrected chi connectivity index (χ1v) is 6.85. The van der Waals surface area contributed by atoms with Crippen molar-refractivity contribution in [2.45, 2.75) is 0 Å². The lowest BCUT2D eigenvalue weighted by Crippen LogP contribution is -2.14. The van der Waals surface area contributed by atoms with Gasteiger partial charge in [-0.25, -0.2) is 4.98 Å². The van der Waals surface area contributed by atoms with Crippen LogP contribution in [0.3, 0.4) is 0 Å². The van der Waals surface area contributed by atoms with Gasteiger partial charge in [0.15, 0.2) is 5.69 Å². The summed E-state index contributed by atoms with van der Waals surface area (Å²) in [5.74, 6) is -0.585. The summed E-state index contributed by atoms with van der Waals surface area (Å²) in [6.45, 7) is 0. The number of carbonyl (C=O) groups is 1. The number of aromatic nitrogens is 1. The van der Waals surface area contributed by atoms with Gasteiger partial charge in [0, 0.05) is 17.4 Å². The maximum Gasteiger partial charge on any atom is 0.278 e. The zero-order valence-corrected chi connectivity index (χ0v) is 11.7. The van der Waals surface area contributed by atoms with Crippen molar-refractivity contribution >= 4 is 11.6 Å². The molecule has 0 aliphatic heterocycles. The molecule has 0 saturated carbocycles. The number of rotatable bonds is 3. The van der Waals surface area contributed by atoms with Gasteiger partial charge in [0.05, 0.1) is 0 Å². The third-order valence-corrected chi connectivity index (χ3v) is 3.26. The molecular formula is C18H14N2O2. The van der Waals surface area contributed by atoms with Crippen molar-refractivity contribution in [3.8, 4) is 16.9 Å². The van der Waals surface area contributed by atoms with Gasteiger partial charge in [0.25, 0.3) is 5.91 Å². The molecule has 0 bridgehead atoms. The van der Waals surface area contributed by atoms with E-state index in [1.807, 2.05) is 54.6 Å². The summed E-state index contributed by atoms with van der Waals surface area (Å²) in [6, 6.07) is 20.3. The highest BCUT2D eigenvalue weighted by atomic mass is 16.3. The molecule has 2 N–H and O–H groups in total. The Morgan fingerprint density at radius 2 is 1.64 bits per heavy atom. The second-order valence-corrected chi connectivity index (χ2v) is 4.74. The van der Waals surface area contributed by atoms with Crippen LogP contribution < -0.4 is 5.32 Å². The van der Waals surface area contributed by atoms with Gasteiger partial charge in [-0.1, -0.05) is 48.5 Å². The molecule has 1 heterocycles. The van der Waals surface area contributed by atoms with E-state index in [9.17, 15) is 9.90 Å². The van der Waals surface area contributed by atoms with Crippen LogP contribution in [0.5, 0.6) is 5.75 Å². The second kappa shape index (κ2) is 6.10. The second-order valence-electron chi connectivity index (χ2n) is 4.74. The molecule has 4 heteroatoms. The van der Waals surface area contributed by atoms with Crippen LogP contribution in [0.4, 0.5) is 5.69 Å². The molecule has 0 atom stereocenters. The van der Waals surface area contributed by atoms with Gasteiger partial charge in [0.1, 0.15) is 5.75 Å². The minimum Gasteiger partial charge on any atom is -0.505 e. The number of pyridine rings is 1. The van der Waals surface area contributed by atoms with Crippen molar-refractivity contribution in [3.05, 3.63) is 78.6 Å². The Kier molecular flexibility index (Phi) is 3.83. The van der Waals surface area contributed by atoms with E-state index < -0.39 is 5.91 Å². The molecule has 0 aliphatic rings. The largest absolute Gasteiger partial charge is 0.505 e. The van der Waals surface area contributed by atoms with Gasteiger partial charge in [0.2, 0.25) is 0 Å². The van der Waals surface area contributed by atoms with Crippen molar-refractivity contribution < 1.29 is 9.90 Å². The predicted molar refractivity (Wildman–Crippen MR) is 85.7 cm³/mol. The van der Waals surface area contributed by atoms with Crippen LogP contribution in [0.1, 0.15) is 10.5 Å². The van der Waals surface area contributed by atoms with Crippen molar-refractivity contribution in [1.29, 1.82) is 0 Å². The average molecular weight is 290 g/mol. The lowest BCUT2D eigenvalue weighted by molar-refractivity contribution is 0.101. The fourth-order valence-electron chi connectivity index (χ4n) is 2.21. The van der Waals surface area contributed by atoms with Crippen LogP contribution in [0.2, 0.25) is 0 Å². The SMILES string of the molecule is O=C(Nc1ccccc1-c1ccccc1)c1ncccc1O. The van der Waals surface area contributed by atoms with Crippen LogP contribution in [0, 0.1) is 0 Å². The lowest BCUT2D eigenvalue weighted by atomic mass is 10.0. The molecule has 3 rings (SSSR count). The van der Waals surface area contributed by atoms with E-state index in [4.69, 9.17) is 0 Å². The number of benzene rings is 2. The Hall–Kier alpha value is -3.14. The van der Waals surface area contributed by atoms with E-state index in [-0.39, 0.29) is 11.4 Å². The number of hydrogen-bond acceptors (Lipinski definition) is 3. The third-order valence-electron chi connectivity index (χ3n) is 3.26. The fourth-order valence-corrected chi connectivity index (χ4v) is 2.21. The van der Waals surface area contributed by atoms with Gasteiger partial charge in [-0.05, 0) is 23.8 Å². The Morgan fingerprint density at radius 1 is 0.909 bits per heavy atom. The molecule has 0 spiro atoms. The molecular weight excluding hydrogens is 276 g/mol. The van der Waals surface area contributed by atoms with Gasteiger partial charge < -0.3 is 10.4 Å². The molecule has 0 aliphatic carbocycles. The minimum absolute atomic E-state index is 0.00497. The van der Waals surface area contributed by atoms with Crippen LogP contribution >= 0.6 is 0 Å². The highest BCUT2D eigenvalue weighted by molar-refractivity contribution is 6.06. The Balaban J connectivity index is 1.94. The zero-order chi connectivity index (χ0) is 15.4. The Labute approximate surface area is 128 Å². The maximum atomic E-state index is 12.3. The van der Waals surface area contributed by atoms with E-state index in [0.717, 1.165) is 11.1 Å². The van der Waals surface area contributed by atoms with Crippen LogP contribution in [-0.2, 0) is 0 Å². The first kappa shape index (κ1) is 13.8. The molecule has 4 nitrogen and oxygen atoms in total. The van der Waals surface area contributed by atoms with Crippen molar-refractivity contribution in [2.75, 3.05) is 5.32 Å². The zero-order valence-electron chi connectivity index (χ0n) is 11.7. The van der Waals surface area contributed by atoms with Gasteiger partial charge >= 0.3 is 0 Å². The molecule has 0 radical (unpaired) electrons. The number of aromatic hydroxyl groups is 1. The lowest BCUT2D eigenvalue weighted by Gasteiger charge is -2.11. The topological polar surface area (TPSA) is 62.2 Å². The quantitative estimate of drug-likeness (QED) is 0.773. The first-order chi connectivity index (χ1) is 10.8. The highest BCUT2D eigenvalue weighted by Crippen LogP contribution is 2.28. The van der Waals surface area contributed by atoms with Crippen LogP contribution in [0.15, 0.2) is 72.9 Å². The van der Waals surface area contributed by atoms with Crippen LogP contribution in [0.25, 0.3) is 11.1 Å². The maximum absolute atomic E-state index is 12.3. The first-order valence-electron chi connectivity index (χ1n) is 6.85. The van der Waals surface area contributed by atoms with Crippen LogP contribution in [-0.4, -0.2) is 16.0 Å². The Morgan fingerprint density at radius 3 is 2.41 bits per heavy atom. The monoisotopic (exact) mass is 290 g/mol. The van der Waals surface area contributed by atoms with E-state index in [1.165, 1.54) is 12.3 Å². The average Bonchev–Trinajstić information content (AvgIpc) is 2.56. The number of para-hydroxylation sites is 1. The minimum atomic E-state index is -0.443. The number of anilines is 1. The fraction of sp³-hybridized carbons (Fsp3) is 0. The summed E-state index contributed by atoms with van der Waals surface area (Å²) < 4.78 is 0. The molecule has 0 fully saturated rings. The Bertz CT molecular complexity index is 801. The van der Waals surface area contributed by atoms with E-state index >= 15 is 0 Å². The summed E-state index contributed by atoms with van der Waals surface area (Å²) in [5.41, 5.74) is 2.59. The summed E-state index contributed by atoms with van der Waals surface area (Å²) >= 11 is 0. The van der Waals surface area contributed by atoms with Crippen molar-refractivity contribution in [3.63, 3.8) is 0 Å². The molecule has 1 amide bonds. The standard InChI is InChI=1S/C18H14N2O2/c21-16-11-6-12-19-17(16)18(22)20-15-10-5-4-9-14(15)13-7-2-1-3-8-13/h1-12,21H,(H,20,22). The predicted octanol–water partition coefficient (Wildman–Crippen LogP) is 3.71. The summed E-state index contributed by atoms with van der Waals surface area (Å²) in [7, 11) is 0. The van der Waals surface area contributed by atoms with Crippen molar-refractivity contribution in [1.82, 2.24) is 4.98 Å². The molecule has 3 aromatic rings. The van der Waals surface area contributed by atoms with Crippen molar-refractivity contribution in [2.24, 2.45) is 0 Å². The van der Waals surface area contributed by atoms with Gasteiger partial charge in [-0.3, -0.25) is 4.79 Å². The van der Waals surface area contributed by atoms with Gasteiger partial charge in [-0.2, -0.15) is 0 Å². The molecule has 0 unspecified atom stereocenters. The number of amides is 1. The summed E-state index contributed by atoms with van der Waals surface area (Å²) in [4.78, 5) is 16.2. The normalized spacial score (nSPS) is 10.2. The number of carbonyl (C=O) groups excluding carboxylic acids is 1. The molecule has 0 saturated heterocycles. The molecule has 108 valence electrons. The van der Waals surface area contributed by atoms with E-state index in [1.54, 1.807) is 6.07 Å². The summed E-state index contributed by atoms with van der Waals surface area (Å²) in [6.07, 6.45) is 1.47. The smallest absolute Gasteiger partial charge is 0.278 e.